The second kappa shape index (κ2) is 4.37. The summed E-state index contributed by atoms with van der Waals surface area (Å²) in [7, 11) is 5.15. The van der Waals surface area contributed by atoms with E-state index in [4.69, 9.17) is 9.47 Å². The molecule has 0 amide bonds. The van der Waals surface area contributed by atoms with Gasteiger partial charge in [-0.25, -0.2) is 0 Å². The van der Waals surface area contributed by atoms with Gasteiger partial charge in [-0.05, 0) is 12.1 Å². The third-order valence-electron chi connectivity index (χ3n) is 1.72. The maximum atomic E-state index is 5.15. The molecule has 0 radical (unpaired) electrons. The number of anilines is 1. The summed E-state index contributed by atoms with van der Waals surface area (Å²) >= 11 is 3.33. The Labute approximate surface area is 86.6 Å². The van der Waals surface area contributed by atoms with Crippen LogP contribution in [0.15, 0.2) is 18.2 Å². The van der Waals surface area contributed by atoms with Gasteiger partial charge < -0.3 is 13.4 Å². The van der Waals surface area contributed by atoms with Crippen LogP contribution in [-0.2, 0) is 0 Å². The lowest BCUT2D eigenvalue weighted by Crippen LogP contribution is -2.00. The van der Waals surface area contributed by atoms with Crippen LogP contribution in [0.4, 0.5) is 5.69 Å². The molecule has 4 heteroatoms. The standard InChI is InChI=1S/C9H12BrNO2/c1-11(10)7-4-5-8(12-2)9(6-7)13-3/h4-6H,1-3H3. The van der Waals surface area contributed by atoms with E-state index < -0.39 is 0 Å². The molecule has 0 spiro atoms. The van der Waals surface area contributed by atoms with Gasteiger partial charge in [0.2, 0.25) is 0 Å². The fourth-order valence-electron chi connectivity index (χ4n) is 1.02. The van der Waals surface area contributed by atoms with Crippen molar-refractivity contribution in [3.63, 3.8) is 0 Å². The molecule has 0 aromatic heterocycles. The Kier molecular flexibility index (Phi) is 3.42. The molecule has 0 aliphatic rings. The van der Waals surface area contributed by atoms with Crippen molar-refractivity contribution in [2.45, 2.75) is 0 Å². The normalized spacial score (nSPS) is 9.54. The van der Waals surface area contributed by atoms with Gasteiger partial charge in [0.15, 0.2) is 11.5 Å². The van der Waals surface area contributed by atoms with Crippen molar-refractivity contribution in [2.24, 2.45) is 0 Å². The van der Waals surface area contributed by atoms with E-state index in [1.807, 2.05) is 29.2 Å². The molecule has 13 heavy (non-hydrogen) atoms. The molecule has 0 saturated heterocycles. The van der Waals surface area contributed by atoms with Crippen LogP contribution in [0, 0.1) is 0 Å². The lowest BCUT2D eigenvalue weighted by molar-refractivity contribution is 0.355. The first-order valence-corrected chi connectivity index (χ1v) is 4.51. The van der Waals surface area contributed by atoms with Crippen LogP contribution in [0.25, 0.3) is 0 Å². The predicted octanol–water partition coefficient (Wildman–Crippen LogP) is 2.45. The molecule has 0 unspecified atom stereocenters. The molecule has 1 aromatic rings. The van der Waals surface area contributed by atoms with Gasteiger partial charge in [-0.1, -0.05) is 0 Å². The third-order valence-corrected chi connectivity index (χ3v) is 2.13. The zero-order chi connectivity index (χ0) is 9.84. The van der Waals surface area contributed by atoms with Crippen molar-refractivity contribution >= 4 is 21.8 Å². The molecule has 0 atom stereocenters. The fraction of sp³-hybridized carbons (Fsp3) is 0.333. The SMILES string of the molecule is COc1ccc(N(C)Br)cc1OC. The van der Waals surface area contributed by atoms with E-state index in [2.05, 4.69) is 16.1 Å². The van der Waals surface area contributed by atoms with Gasteiger partial charge in [-0.3, -0.25) is 0 Å². The minimum absolute atomic E-state index is 0.728. The molecule has 1 rings (SSSR count). The molecule has 0 fully saturated rings. The van der Waals surface area contributed by atoms with Crippen molar-refractivity contribution < 1.29 is 9.47 Å². The van der Waals surface area contributed by atoms with Crippen molar-refractivity contribution in [1.82, 2.24) is 0 Å². The van der Waals surface area contributed by atoms with Gasteiger partial charge in [-0.15, -0.1) is 0 Å². The zero-order valence-electron chi connectivity index (χ0n) is 7.87. The minimum Gasteiger partial charge on any atom is -0.493 e. The number of nitrogens with zero attached hydrogens (tertiary/aromatic N) is 1. The summed E-state index contributed by atoms with van der Waals surface area (Å²) in [4.78, 5) is 0. The molecule has 0 saturated carbocycles. The first kappa shape index (κ1) is 10.2. The average Bonchev–Trinajstić information content (AvgIpc) is 2.16. The topological polar surface area (TPSA) is 21.7 Å². The summed E-state index contributed by atoms with van der Waals surface area (Å²) in [6.07, 6.45) is 0. The molecular formula is C9H12BrNO2. The lowest BCUT2D eigenvalue weighted by Gasteiger charge is -2.13. The van der Waals surface area contributed by atoms with E-state index in [0.717, 1.165) is 17.2 Å². The number of rotatable bonds is 3. The Morgan fingerprint density at radius 2 is 1.77 bits per heavy atom. The smallest absolute Gasteiger partial charge is 0.162 e. The van der Waals surface area contributed by atoms with Gasteiger partial charge in [-0.2, -0.15) is 0 Å². The Hall–Kier alpha value is -0.900. The van der Waals surface area contributed by atoms with Gasteiger partial charge in [0.1, 0.15) is 0 Å². The summed E-state index contributed by atoms with van der Waals surface area (Å²) < 4.78 is 12.1. The van der Waals surface area contributed by atoms with Crippen LogP contribution in [0.2, 0.25) is 0 Å². The highest BCUT2D eigenvalue weighted by Gasteiger charge is 2.05. The number of hydrogen-bond acceptors (Lipinski definition) is 3. The van der Waals surface area contributed by atoms with Crippen molar-refractivity contribution in [2.75, 3.05) is 25.2 Å². The van der Waals surface area contributed by atoms with E-state index in [-0.39, 0.29) is 0 Å². The third kappa shape index (κ3) is 2.28. The highest BCUT2D eigenvalue weighted by Crippen LogP contribution is 2.31. The molecule has 3 nitrogen and oxygen atoms in total. The van der Waals surface area contributed by atoms with Crippen LogP contribution in [0.3, 0.4) is 0 Å². The monoisotopic (exact) mass is 245 g/mol. The van der Waals surface area contributed by atoms with Gasteiger partial charge >= 0.3 is 0 Å². The molecule has 1 aromatic carbocycles. The van der Waals surface area contributed by atoms with E-state index in [1.165, 1.54) is 0 Å². The van der Waals surface area contributed by atoms with Crippen molar-refractivity contribution in [3.8, 4) is 11.5 Å². The van der Waals surface area contributed by atoms with Crippen LogP contribution >= 0.6 is 16.1 Å². The maximum Gasteiger partial charge on any atom is 0.162 e. The van der Waals surface area contributed by atoms with Gasteiger partial charge in [0, 0.05) is 29.3 Å². The summed E-state index contributed by atoms with van der Waals surface area (Å²) in [6.45, 7) is 0. The maximum absolute atomic E-state index is 5.15. The van der Waals surface area contributed by atoms with Crippen LogP contribution in [0.5, 0.6) is 11.5 Å². The second-order valence-corrected chi connectivity index (χ2v) is 3.58. The molecule has 0 N–H and O–H groups in total. The van der Waals surface area contributed by atoms with E-state index in [9.17, 15) is 0 Å². The fourth-order valence-corrected chi connectivity index (χ4v) is 1.24. The van der Waals surface area contributed by atoms with E-state index >= 15 is 0 Å². The summed E-state index contributed by atoms with van der Waals surface area (Å²) in [6, 6.07) is 5.70. The molecular weight excluding hydrogens is 234 g/mol. The summed E-state index contributed by atoms with van der Waals surface area (Å²) in [5.41, 5.74) is 1.01. The van der Waals surface area contributed by atoms with Crippen molar-refractivity contribution in [1.29, 1.82) is 0 Å². The molecule has 0 aliphatic heterocycles. The predicted molar refractivity (Wildman–Crippen MR) is 56.9 cm³/mol. The summed E-state index contributed by atoms with van der Waals surface area (Å²) in [5, 5.41) is 0. The summed E-state index contributed by atoms with van der Waals surface area (Å²) in [5.74, 6) is 1.46. The largest absolute Gasteiger partial charge is 0.493 e. The van der Waals surface area contributed by atoms with E-state index in [1.54, 1.807) is 14.2 Å². The van der Waals surface area contributed by atoms with Gasteiger partial charge in [0.25, 0.3) is 0 Å². The molecule has 0 heterocycles. The number of benzene rings is 1. The van der Waals surface area contributed by atoms with Crippen LogP contribution < -0.4 is 13.4 Å². The first-order chi connectivity index (χ1) is 6.19. The van der Waals surface area contributed by atoms with Crippen LogP contribution in [0.1, 0.15) is 0 Å². The van der Waals surface area contributed by atoms with Crippen LogP contribution in [-0.4, -0.2) is 21.3 Å². The quantitative estimate of drug-likeness (QED) is 0.764. The van der Waals surface area contributed by atoms with Crippen molar-refractivity contribution in [3.05, 3.63) is 18.2 Å². The first-order valence-electron chi connectivity index (χ1n) is 3.80. The second-order valence-electron chi connectivity index (χ2n) is 2.52. The average molecular weight is 246 g/mol. The lowest BCUT2D eigenvalue weighted by atomic mass is 10.3. The molecule has 0 aliphatic carbocycles. The Bertz CT molecular complexity index is 289. The number of ether oxygens (including phenoxy) is 2. The molecule has 72 valence electrons. The highest BCUT2D eigenvalue weighted by molar-refractivity contribution is 9.10. The minimum atomic E-state index is 0.728. The molecule has 0 bridgehead atoms. The Morgan fingerprint density at radius 3 is 2.23 bits per heavy atom. The number of halogens is 1. The van der Waals surface area contributed by atoms with E-state index in [0.29, 0.717) is 0 Å². The van der Waals surface area contributed by atoms with Gasteiger partial charge in [0.05, 0.1) is 19.9 Å². The number of methoxy groups -OCH3 is 2. The Morgan fingerprint density at radius 1 is 1.15 bits per heavy atom. The highest BCUT2D eigenvalue weighted by atomic mass is 79.9. The number of hydrogen-bond donors (Lipinski definition) is 0. The Balaban J connectivity index is 3.05. The zero-order valence-corrected chi connectivity index (χ0v) is 9.46.